The Morgan fingerprint density at radius 1 is 1.09 bits per heavy atom. The van der Waals surface area contributed by atoms with Crippen LogP contribution in [0.3, 0.4) is 0 Å². The van der Waals surface area contributed by atoms with Crippen LogP contribution < -0.4 is 5.32 Å². The molecule has 33 heavy (non-hydrogen) atoms. The number of benzene rings is 1. The van der Waals surface area contributed by atoms with Crippen LogP contribution in [0.2, 0.25) is 0 Å². The van der Waals surface area contributed by atoms with Crippen LogP contribution in [0.15, 0.2) is 53.1 Å². The number of likely N-dealkylation sites (N-methyl/N-ethyl adjacent to an activating group) is 1. The van der Waals surface area contributed by atoms with Crippen molar-refractivity contribution in [2.75, 3.05) is 18.1 Å². The lowest BCUT2D eigenvalue weighted by Gasteiger charge is -2.30. The van der Waals surface area contributed by atoms with Gasteiger partial charge in [0.05, 0.1) is 10.6 Å². The van der Waals surface area contributed by atoms with Gasteiger partial charge < -0.3 is 9.50 Å². The molecule has 0 spiro atoms. The first-order chi connectivity index (χ1) is 15.6. The van der Waals surface area contributed by atoms with Gasteiger partial charge in [-0.2, -0.15) is 8.42 Å². The molecule has 1 aliphatic rings. The quantitative estimate of drug-likeness (QED) is 0.420. The Morgan fingerprint density at radius 3 is 2.52 bits per heavy atom. The van der Waals surface area contributed by atoms with Crippen molar-refractivity contribution in [2.45, 2.75) is 44.4 Å². The lowest BCUT2D eigenvalue weighted by atomic mass is 10.1. The fourth-order valence-corrected chi connectivity index (χ4v) is 5.86. The van der Waals surface area contributed by atoms with E-state index in [9.17, 15) is 21.6 Å². The third-order valence-corrected chi connectivity index (χ3v) is 8.13. The number of unbranched alkanes of at least 4 members (excludes halogenated alkanes) is 3. The zero-order chi connectivity index (χ0) is 24.2. The van der Waals surface area contributed by atoms with Crippen molar-refractivity contribution in [1.82, 2.24) is 9.29 Å². The maximum atomic E-state index is 13.2. The maximum absolute atomic E-state index is 13.2. The average Bonchev–Trinajstić information content (AvgIpc) is 2.75. The van der Waals surface area contributed by atoms with Gasteiger partial charge in [-0.15, -0.1) is 0 Å². The van der Waals surface area contributed by atoms with Crippen LogP contribution in [0.4, 0.5) is 5.82 Å². The Balaban J connectivity index is 2.07. The molecule has 3 rings (SSSR count). The Kier molecular flexibility index (Phi) is 7.43. The van der Waals surface area contributed by atoms with Crippen LogP contribution in [-0.4, -0.2) is 44.8 Å². The van der Waals surface area contributed by atoms with E-state index >= 15 is 0 Å². The summed E-state index contributed by atoms with van der Waals surface area (Å²) in [5.74, 6) is -1.24. The molecule has 1 aromatic carbocycles. The summed E-state index contributed by atoms with van der Waals surface area (Å²) in [7, 11) is -7.01. The van der Waals surface area contributed by atoms with E-state index in [2.05, 4.69) is 10.3 Å². The molecule has 1 aromatic heterocycles. The van der Waals surface area contributed by atoms with Crippen molar-refractivity contribution in [3.05, 3.63) is 59.4 Å². The largest absolute Gasteiger partial charge is 0.379 e. The highest BCUT2D eigenvalue weighted by atomic mass is 32.2. The number of carbonyl (C=O) groups is 1. The van der Waals surface area contributed by atoms with E-state index in [0.29, 0.717) is 12.1 Å². The van der Waals surface area contributed by atoms with Crippen LogP contribution in [0.1, 0.15) is 43.9 Å². The molecule has 0 radical (unpaired) electrons. The molecule has 9 nitrogen and oxygen atoms in total. The average molecular weight is 494 g/mol. The first-order valence-corrected chi connectivity index (χ1v) is 13.6. The van der Waals surface area contributed by atoms with Crippen molar-refractivity contribution in [3.63, 3.8) is 0 Å². The molecular formula is C22H27N3O6S2. The third-order valence-electron chi connectivity index (χ3n) is 5.10. The first kappa shape index (κ1) is 24.7. The van der Waals surface area contributed by atoms with Crippen molar-refractivity contribution in [3.8, 4) is 0 Å². The van der Waals surface area contributed by atoms with Gasteiger partial charge in [0.2, 0.25) is 0 Å². The van der Waals surface area contributed by atoms with E-state index < -0.39 is 31.7 Å². The van der Waals surface area contributed by atoms with E-state index in [1.165, 1.54) is 25.2 Å². The predicted octanol–water partition coefficient (Wildman–Crippen LogP) is 3.26. The number of amides is 1. The molecule has 0 fully saturated rings. The number of anilines is 1. The number of aromatic nitrogens is 1. The monoisotopic (exact) mass is 493 g/mol. The molecule has 178 valence electrons. The molecule has 0 unspecified atom stereocenters. The maximum Gasteiger partial charge on any atom is 0.309 e. The van der Waals surface area contributed by atoms with Gasteiger partial charge in [0.15, 0.2) is 11.5 Å². The topological polar surface area (TPSA) is 123 Å². The zero-order valence-electron chi connectivity index (χ0n) is 18.7. The molecule has 11 heteroatoms. The molecule has 1 amide bonds. The minimum Gasteiger partial charge on any atom is -0.379 e. The lowest BCUT2D eigenvalue weighted by molar-refractivity contribution is -0.113. The number of nitrogens with one attached hydrogen (secondary N) is 1. The van der Waals surface area contributed by atoms with Gasteiger partial charge >= 0.3 is 10.1 Å². The normalized spacial score (nSPS) is 15.2. The van der Waals surface area contributed by atoms with E-state index in [-0.39, 0.29) is 27.8 Å². The van der Waals surface area contributed by atoms with Gasteiger partial charge in [0.1, 0.15) is 5.82 Å². The van der Waals surface area contributed by atoms with Gasteiger partial charge in [0, 0.05) is 18.3 Å². The predicted molar refractivity (Wildman–Crippen MR) is 125 cm³/mol. The van der Waals surface area contributed by atoms with Crippen LogP contribution in [-0.2, 0) is 29.1 Å². The lowest BCUT2D eigenvalue weighted by Crippen LogP contribution is -2.38. The Bertz CT molecular complexity index is 1290. The standard InChI is InChI=1S/C22H27N3O6S2/c1-4-5-6-9-15-32(27,28)31-21-17-12-7-8-13-18(17)33(29,30)25(3)20(21)22(26)24-19-14-10-11-16(2)23-19/h7-8,10-14H,4-6,9,15H2,1-3H3,(H,23,24,26). The fourth-order valence-electron chi connectivity index (χ4n) is 3.41. The highest BCUT2D eigenvalue weighted by Gasteiger charge is 2.40. The second-order valence-corrected chi connectivity index (χ2v) is 11.3. The molecule has 0 aliphatic carbocycles. The summed E-state index contributed by atoms with van der Waals surface area (Å²) in [6.45, 7) is 3.75. The van der Waals surface area contributed by atoms with Gasteiger partial charge in [-0.3, -0.25) is 9.10 Å². The minimum absolute atomic E-state index is 0.00934. The van der Waals surface area contributed by atoms with Crippen LogP contribution in [0, 0.1) is 6.92 Å². The van der Waals surface area contributed by atoms with Gasteiger partial charge in [0.25, 0.3) is 15.9 Å². The minimum atomic E-state index is -4.11. The Hall–Kier alpha value is -2.92. The summed E-state index contributed by atoms with van der Waals surface area (Å²) < 4.78 is 57.8. The van der Waals surface area contributed by atoms with E-state index in [1.807, 2.05) is 6.92 Å². The van der Waals surface area contributed by atoms with Crippen molar-refractivity contribution in [1.29, 1.82) is 0 Å². The number of rotatable bonds is 9. The van der Waals surface area contributed by atoms with E-state index in [1.54, 1.807) is 31.2 Å². The molecule has 2 aromatic rings. The highest BCUT2D eigenvalue weighted by molar-refractivity contribution is 7.89. The third kappa shape index (κ3) is 5.53. The summed E-state index contributed by atoms with van der Waals surface area (Å²) in [6, 6.07) is 10.8. The molecular weight excluding hydrogens is 466 g/mol. The molecule has 0 saturated heterocycles. The van der Waals surface area contributed by atoms with Crippen LogP contribution in [0.5, 0.6) is 0 Å². The van der Waals surface area contributed by atoms with Crippen LogP contribution in [0.25, 0.3) is 5.76 Å². The first-order valence-electron chi connectivity index (χ1n) is 10.6. The summed E-state index contributed by atoms with van der Waals surface area (Å²) >= 11 is 0. The summed E-state index contributed by atoms with van der Waals surface area (Å²) in [5, 5.41) is 2.54. The number of nitrogens with zero attached hydrogens (tertiary/aromatic N) is 2. The SMILES string of the molecule is CCCCCCS(=O)(=O)OC1=C(C(=O)Nc2cccc(C)n2)N(C)S(=O)(=O)c2ccccc21. The number of hydrogen-bond donors (Lipinski definition) is 1. The summed E-state index contributed by atoms with van der Waals surface area (Å²) in [5.41, 5.74) is 0.215. The van der Waals surface area contributed by atoms with Gasteiger partial charge in [-0.05, 0) is 37.6 Å². The fraction of sp³-hybridized carbons (Fsp3) is 0.364. The Labute approximate surface area is 194 Å². The number of hydrogen-bond acceptors (Lipinski definition) is 7. The van der Waals surface area contributed by atoms with E-state index in [0.717, 1.165) is 23.6 Å². The molecule has 0 bridgehead atoms. The second-order valence-electron chi connectivity index (χ2n) is 7.67. The van der Waals surface area contributed by atoms with Crippen molar-refractivity contribution >= 4 is 37.6 Å². The summed E-state index contributed by atoms with van der Waals surface area (Å²) in [6.07, 6.45) is 2.95. The van der Waals surface area contributed by atoms with Gasteiger partial charge in [-0.1, -0.05) is 44.4 Å². The number of sulfonamides is 1. The van der Waals surface area contributed by atoms with Gasteiger partial charge in [-0.25, -0.2) is 13.4 Å². The van der Waals surface area contributed by atoms with Crippen LogP contribution >= 0.6 is 0 Å². The number of carbonyl (C=O) groups excluding carboxylic acids is 1. The zero-order valence-corrected chi connectivity index (χ0v) is 20.4. The highest BCUT2D eigenvalue weighted by Crippen LogP contribution is 2.37. The van der Waals surface area contributed by atoms with Crippen molar-refractivity contribution < 1.29 is 25.8 Å². The second kappa shape index (κ2) is 9.92. The molecule has 1 aliphatic heterocycles. The number of aryl methyl sites for hydroxylation is 1. The number of pyridine rings is 1. The smallest absolute Gasteiger partial charge is 0.309 e. The molecule has 0 saturated carbocycles. The molecule has 1 N–H and O–H groups in total. The summed E-state index contributed by atoms with van der Waals surface area (Å²) in [4.78, 5) is 17.2. The molecule has 2 heterocycles. The number of fused-ring (bicyclic) bond motifs is 1. The van der Waals surface area contributed by atoms with Crippen molar-refractivity contribution in [2.24, 2.45) is 0 Å². The molecule has 0 atom stereocenters. The Morgan fingerprint density at radius 2 is 1.82 bits per heavy atom. The van der Waals surface area contributed by atoms with E-state index in [4.69, 9.17) is 4.18 Å².